The standard InChI is InChI=1S/C20H27NO/c1-17-11-14-21(15-12-17)13-4-5-16-22-20-10-6-8-18-7-2-3-9-19(18)20/h2-3,6-10,17H,4-5,11-16H2,1H3. The minimum atomic E-state index is 0.818. The van der Waals surface area contributed by atoms with E-state index in [4.69, 9.17) is 4.74 Å². The summed E-state index contributed by atoms with van der Waals surface area (Å²) in [5, 5.41) is 2.47. The van der Waals surface area contributed by atoms with Crippen molar-refractivity contribution in [2.45, 2.75) is 32.6 Å². The molecule has 0 atom stereocenters. The molecular weight excluding hydrogens is 270 g/mol. The first-order valence-electron chi connectivity index (χ1n) is 8.66. The van der Waals surface area contributed by atoms with Gasteiger partial charge < -0.3 is 9.64 Å². The van der Waals surface area contributed by atoms with Gasteiger partial charge in [0.1, 0.15) is 5.75 Å². The molecule has 2 heteroatoms. The fourth-order valence-electron chi connectivity index (χ4n) is 3.23. The maximum absolute atomic E-state index is 6.01. The van der Waals surface area contributed by atoms with Gasteiger partial charge in [-0.25, -0.2) is 0 Å². The average molecular weight is 297 g/mol. The number of ether oxygens (including phenoxy) is 1. The number of unbranched alkanes of at least 4 members (excludes halogenated alkanes) is 1. The third kappa shape index (κ3) is 4.01. The van der Waals surface area contributed by atoms with Gasteiger partial charge in [0, 0.05) is 5.39 Å². The van der Waals surface area contributed by atoms with Crippen LogP contribution in [-0.2, 0) is 0 Å². The molecule has 0 aromatic heterocycles. The summed E-state index contributed by atoms with van der Waals surface area (Å²) >= 11 is 0. The zero-order chi connectivity index (χ0) is 15.2. The molecule has 1 aliphatic heterocycles. The molecular formula is C20H27NO. The Kier molecular flexibility index (Phi) is 5.33. The molecule has 1 aliphatic rings. The van der Waals surface area contributed by atoms with Crippen LogP contribution in [0.25, 0.3) is 10.8 Å². The maximum atomic E-state index is 6.01. The van der Waals surface area contributed by atoms with Crippen LogP contribution in [0.15, 0.2) is 42.5 Å². The molecule has 22 heavy (non-hydrogen) atoms. The average Bonchev–Trinajstić information content (AvgIpc) is 2.56. The SMILES string of the molecule is CC1CCN(CCCCOc2cccc3ccccc23)CC1. The smallest absolute Gasteiger partial charge is 0.127 e. The number of likely N-dealkylation sites (tertiary alicyclic amines) is 1. The second-order valence-electron chi connectivity index (χ2n) is 6.56. The Labute approximate surface area is 134 Å². The van der Waals surface area contributed by atoms with Crippen molar-refractivity contribution in [1.29, 1.82) is 0 Å². The van der Waals surface area contributed by atoms with Gasteiger partial charge in [0.05, 0.1) is 6.61 Å². The highest BCUT2D eigenvalue weighted by Crippen LogP contribution is 2.25. The van der Waals surface area contributed by atoms with Crippen LogP contribution in [0.1, 0.15) is 32.6 Å². The van der Waals surface area contributed by atoms with Crippen LogP contribution in [0.2, 0.25) is 0 Å². The van der Waals surface area contributed by atoms with Gasteiger partial charge in [-0.3, -0.25) is 0 Å². The van der Waals surface area contributed by atoms with Crippen LogP contribution in [0.4, 0.5) is 0 Å². The lowest BCUT2D eigenvalue weighted by atomic mass is 9.99. The Hall–Kier alpha value is -1.54. The quantitative estimate of drug-likeness (QED) is 0.715. The molecule has 0 N–H and O–H groups in total. The van der Waals surface area contributed by atoms with Gasteiger partial charge in [-0.1, -0.05) is 43.3 Å². The van der Waals surface area contributed by atoms with Gasteiger partial charge in [0.2, 0.25) is 0 Å². The molecule has 0 saturated carbocycles. The van der Waals surface area contributed by atoms with Crippen molar-refractivity contribution >= 4 is 10.8 Å². The zero-order valence-electron chi connectivity index (χ0n) is 13.6. The van der Waals surface area contributed by atoms with Crippen LogP contribution in [0, 0.1) is 5.92 Å². The molecule has 0 unspecified atom stereocenters. The number of hydrogen-bond acceptors (Lipinski definition) is 2. The highest BCUT2D eigenvalue weighted by molar-refractivity contribution is 5.88. The fraction of sp³-hybridized carbons (Fsp3) is 0.500. The van der Waals surface area contributed by atoms with Gasteiger partial charge in [-0.05, 0) is 62.7 Å². The lowest BCUT2D eigenvalue weighted by Crippen LogP contribution is -2.33. The molecule has 0 aliphatic carbocycles. The second kappa shape index (κ2) is 7.64. The van der Waals surface area contributed by atoms with E-state index >= 15 is 0 Å². The monoisotopic (exact) mass is 297 g/mol. The van der Waals surface area contributed by atoms with Crippen LogP contribution >= 0.6 is 0 Å². The molecule has 1 fully saturated rings. The molecule has 1 saturated heterocycles. The summed E-state index contributed by atoms with van der Waals surface area (Å²) in [5.74, 6) is 1.94. The van der Waals surface area contributed by atoms with Gasteiger partial charge in [0.15, 0.2) is 0 Å². The van der Waals surface area contributed by atoms with Crippen molar-refractivity contribution in [3.05, 3.63) is 42.5 Å². The first-order valence-corrected chi connectivity index (χ1v) is 8.66. The molecule has 3 rings (SSSR count). The predicted molar refractivity (Wildman–Crippen MR) is 93.5 cm³/mol. The number of piperidine rings is 1. The third-order valence-electron chi connectivity index (χ3n) is 4.75. The van der Waals surface area contributed by atoms with Gasteiger partial charge in [-0.2, -0.15) is 0 Å². The van der Waals surface area contributed by atoms with Crippen molar-refractivity contribution < 1.29 is 4.74 Å². The van der Waals surface area contributed by atoms with E-state index < -0.39 is 0 Å². The minimum Gasteiger partial charge on any atom is -0.493 e. The number of nitrogens with zero attached hydrogens (tertiary/aromatic N) is 1. The lowest BCUT2D eigenvalue weighted by molar-refractivity contribution is 0.185. The zero-order valence-corrected chi connectivity index (χ0v) is 13.6. The maximum Gasteiger partial charge on any atom is 0.127 e. The molecule has 2 aromatic rings. The minimum absolute atomic E-state index is 0.818. The van der Waals surface area contributed by atoms with Gasteiger partial charge in [0.25, 0.3) is 0 Å². The van der Waals surface area contributed by atoms with Crippen LogP contribution < -0.4 is 4.74 Å². The summed E-state index contributed by atoms with van der Waals surface area (Å²) in [5.41, 5.74) is 0. The van der Waals surface area contributed by atoms with Crippen molar-refractivity contribution in [2.75, 3.05) is 26.2 Å². The second-order valence-corrected chi connectivity index (χ2v) is 6.56. The molecule has 0 radical (unpaired) electrons. The van der Waals surface area contributed by atoms with E-state index in [2.05, 4.69) is 54.3 Å². The summed E-state index contributed by atoms with van der Waals surface area (Å²) in [6, 6.07) is 14.7. The van der Waals surface area contributed by atoms with E-state index in [1.165, 1.54) is 49.7 Å². The van der Waals surface area contributed by atoms with E-state index in [1.807, 2.05) is 0 Å². The Morgan fingerprint density at radius 2 is 1.77 bits per heavy atom. The Balaban J connectivity index is 1.41. The van der Waals surface area contributed by atoms with Crippen molar-refractivity contribution in [3.8, 4) is 5.75 Å². The van der Waals surface area contributed by atoms with E-state index in [-0.39, 0.29) is 0 Å². The molecule has 0 spiro atoms. The predicted octanol–water partition coefficient (Wildman–Crippen LogP) is 4.73. The Morgan fingerprint density at radius 1 is 1.00 bits per heavy atom. The van der Waals surface area contributed by atoms with Crippen molar-refractivity contribution in [3.63, 3.8) is 0 Å². The number of benzene rings is 2. The van der Waals surface area contributed by atoms with E-state index in [9.17, 15) is 0 Å². The number of rotatable bonds is 6. The molecule has 0 bridgehead atoms. The van der Waals surface area contributed by atoms with Crippen molar-refractivity contribution in [2.24, 2.45) is 5.92 Å². The van der Waals surface area contributed by atoms with Crippen LogP contribution in [0.5, 0.6) is 5.75 Å². The highest BCUT2D eigenvalue weighted by Gasteiger charge is 2.14. The van der Waals surface area contributed by atoms with Crippen LogP contribution in [0.3, 0.4) is 0 Å². The molecule has 2 nitrogen and oxygen atoms in total. The first-order chi connectivity index (χ1) is 10.8. The van der Waals surface area contributed by atoms with Crippen molar-refractivity contribution in [1.82, 2.24) is 4.90 Å². The van der Waals surface area contributed by atoms with E-state index in [0.29, 0.717) is 0 Å². The summed E-state index contributed by atoms with van der Waals surface area (Å²) in [6.07, 6.45) is 5.10. The highest BCUT2D eigenvalue weighted by atomic mass is 16.5. The summed E-state index contributed by atoms with van der Waals surface area (Å²) in [4.78, 5) is 2.61. The molecule has 0 amide bonds. The normalized spacial score (nSPS) is 17.0. The first kappa shape index (κ1) is 15.4. The largest absolute Gasteiger partial charge is 0.493 e. The lowest BCUT2D eigenvalue weighted by Gasteiger charge is -2.30. The number of hydrogen-bond donors (Lipinski definition) is 0. The summed E-state index contributed by atoms with van der Waals surface area (Å²) < 4.78 is 6.01. The third-order valence-corrected chi connectivity index (χ3v) is 4.75. The molecule has 1 heterocycles. The fourth-order valence-corrected chi connectivity index (χ4v) is 3.23. The summed E-state index contributed by atoms with van der Waals surface area (Å²) in [6.45, 7) is 6.98. The molecule has 118 valence electrons. The molecule has 2 aromatic carbocycles. The van der Waals surface area contributed by atoms with Gasteiger partial charge >= 0.3 is 0 Å². The van der Waals surface area contributed by atoms with Crippen LogP contribution in [-0.4, -0.2) is 31.1 Å². The van der Waals surface area contributed by atoms with E-state index in [0.717, 1.165) is 24.7 Å². The topological polar surface area (TPSA) is 12.5 Å². The van der Waals surface area contributed by atoms with E-state index in [1.54, 1.807) is 0 Å². The number of fused-ring (bicyclic) bond motifs is 1. The Bertz CT molecular complexity index is 582. The van der Waals surface area contributed by atoms with Gasteiger partial charge in [-0.15, -0.1) is 0 Å². The summed E-state index contributed by atoms with van der Waals surface area (Å²) in [7, 11) is 0. The Morgan fingerprint density at radius 3 is 2.64 bits per heavy atom.